The maximum atomic E-state index is 11.9. The molecule has 3 rings (SSSR count). The number of aromatic nitrogens is 3. The minimum Gasteiger partial charge on any atom is -0.383 e. The monoisotopic (exact) mass is 424 g/mol. The molecule has 0 unspecified atom stereocenters. The highest BCUT2D eigenvalue weighted by Crippen LogP contribution is 2.22. The average molecular weight is 425 g/mol. The van der Waals surface area contributed by atoms with E-state index in [1.54, 1.807) is 11.8 Å². The number of benzene rings is 1. The second-order valence-corrected chi connectivity index (χ2v) is 9.82. The summed E-state index contributed by atoms with van der Waals surface area (Å²) >= 11 is 5.71. The van der Waals surface area contributed by atoms with Crippen LogP contribution in [-0.4, -0.2) is 65.5 Å². The second kappa shape index (κ2) is 8.86. The molecule has 1 atom stereocenters. The molecule has 1 fully saturated rings. The largest absolute Gasteiger partial charge is 0.383 e. The predicted molar refractivity (Wildman–Crippen MR) is 113 cm³/mol. The van der Waals surface area contributed by atoms with E-state index in [2.05, 4.69) is 11.0 Å². The second-order valence-electron chi connectivity index (χ2n) is 7.22. The van der Waals surface area contributed by atoms with Crippen molar-refractivity contribution >= 4 is 22.1 Å². The minimum absolute atomic E-state index is 0.0171. The lowest BCUT2D eigenvalue weighted by Crippen LogP contribution is -2.37. The lowest BCUT2D eigenvalue weighted by molar-refractivity contribution is 0.162. The summed E-state index contributed by atoms with van der Waals surface area (Å²) in [7, 11) is -1.27. The number of hydrogen-bond acceptors (Lipinski definition) is 6. The third-order valence-corrected chi connectivity index (χ3v) is 7.35. The molecule has 2 aromatic rings. The molecule has 1 aromatic heterocycles. The van der Waals surface area contributed by atoms with E-state index in [1.165, 1.54) is 0 Å². The molecule has 2 heterocycles. The average Bonchev–Trinajstić information content (AvgIpc) is 3.17. The first-order valence-electron chi connectivity index (χ1n) is 9.52. The van der Waals surface area contributed by atoms with Crippen molar-refractivity contribution in [1.29, 1.82) is 0 Å². The van der Waals surface area contributed by atoms with Gasteiger partial charge in [0.05, 0.1) is 31.3 Å². The molecule has 28 heavy (non-hydrogen) atoms. The highest BCUT2D eigenvalue weighted by atomic mass is 32.2. The molecule has 0 spiro atoms. The van der Waals surface area contributed by atoms with Crippen LogP contribution in [0.15, 0.2) is 24.3 Å². The first-order valence-corrected chi connectivity index (χ1v) is 11.8. The molecule has 0 amide bonds. The van der Waals surface area contributed by atoms with Crippen molar-refractivity contribution in [2.24, 2.45) is 0 Å². The quantitative estimate of drug-likeness (QED) is 0.607. The lowest BCUT2D eigenvalue weighted by atomic mass is 10.1. The van der Waals surface area contributed by atoms with Crippen molar-refractivity contribution in [3.05, 3.63) is 34.6 Å². The van der Waals surface area contributed by atoms with Gasteiger partial charge in [0.25, 0.3) is 0 Å². The molecule has 154 valence electrons. The molecule has 0 N–H and O–H groups in total. The van der Waals surface area contributed by atoms with Crippen LogP contribution in [0.1, 0.15) is 18.9 Å². The van der Waals surface area contributed by atoms with E-state index >= 15 is 0 Å². The Bertz CT molecular complexity index is 981. The van der Waals surface area contributed by atoms with Crippen molar-refractivity contribution in [2.75, 3.05) is 31.8 Å². The van der Waals surface area contributed by atoms with E-state index in [4.69, 9.17) is 22.1 Å². The van der Waals surface area contributed by atoms with Gasteiger partial charge in [0, 0.05) is 18.7 Å². The molecule has 1 aromatic carbocycles. The van der Waals surface area contributed by atoms with E-state index < -0.39 is 9.84 Å². The van der Waals surface area contributed by atoms with Gasteiger partial charge in [0.1, 0.15) is 0 Å². The summed E-state index contributed by atoms with van der Waals surface area (Å²) in [5.74, 6) is 1.28. The van der Waals surface area contributed by atoms with Crippen molar-refractivity contribution in [3.8, 4) is 11.4 Å². The molecule has 0 aliphatic carbocycles. The fraction of sp³-hybridized carbons (Fsp3) is 0.579. The van der Waals surface area contributed by atoms with Crippen molar-refractivity contribution < 1.29 is 13.2 Å². The molecular weight excluding hydrogens is 396 g/mol. The molecule has 1 aliphatic rings. The summed E-state index contributed by atoms with van der Waals surface area (Å²) in [6.07, 6.45) is 0.665. The van der Waals surface area contributed by atoms with Gasteiger partial charge < -0.3 is 4.74 Å². The topological polar surface area (TPSA) is 69.4 Å². The fourth-order valence-corrected chi connectivity index (χ4v) is 5.66. The zero-order valence-electron chi connectivity index (χ0n) is 16.7. The Morgan fingerprint density at radius 3 is 2.79 bits per heavy atom. The SMILES string of the molecule is CCN(Cn1nc(-c2cccc(C)c2)n(CCOC)c1=S)[C@@H]1CCS(=O)(=O)C1. The van der Waals surface area contributed by atoms with Crippen LogP contribution in [0.5, 0.6) is 0 Å². The van der Waals surface area contributed by atoms with Gasteiger partial charge in [-0.15, -0.1) is 0 Å². The highest BCUT2D eigenvalue weighted by molar-refractivity contribution is 7.91. The van der Waals surface area contributed by atoms with Gasteiger partial charge in [0.2, 0.25) is 0 Å². The summed E-state index contributed by atoms with van der Waals surface area (Å²) in [5, 5.41) is 4.80. The normalized spacial score (nSPS) is 18.8. The lowest BCUT2D eigenvalue weighted by Gasteiger charge is -2.26. The van der Waals surface area contributed by atoms with E-state index in [-0.39, 0.29) is 17.5 Å². The Labute approximate surface area is 171 Å². The van der Waals surface area contributed by atoms with Crippen molar-refractivity contribution in [1.82, 2.24) is 19.2 Å². The zero-order valence-corrected chi connectivity index (χ0v) is 18.3. The van der Waals surface area contributed by atoms with Gasteiger partial charge in [0.15, 0.2) is 20.4 Å². The van der Waals surface area contributed by atoms with Gasteiger partial charge in [-0.1, -0.05) is 30.7 Å². The minimum atomic E-state index is -2.93. The van der Waals surface area contributed by atoms with Crippen LogP contribution in [0.2, 0.25) is 0 Å². The molecule has 9 heteroatoms. The van der Waals surface area contributed by atoms with Crippen LogP contribution in [0.3, 0.4) is 0 Å². The molecule has 0 saturated carbocycles. The van der Waals surface area contributed by atoms with Crippen molar-refractivity contribution in [2.45, 2.75) is 39.5 Å². The Hall–Kier alpha value is -1.55. The zero-order chi connectivity index (χ0) is 20.3. The van der Waals surface area contributed by atoms with Gasteiger partial charge in [-0.25, -0.2) is 13.1 Å². The number of methoxy groups -OCH3 is 1. The number of nitrogens with zero attached hydrogens (tertiary/aromatic N) is 4. The van der Waals surface area contributed by atoms with Crippen LogP contribution in [-0.2, 0) is 27.8 Å². The summed E-state index contributed by atoms with van der Waals surface area (Å²) in [6.45, 7) is 6.46. The van der Waals surface area contributed by atoms with Crippen molar-refractivity contribution in [3.63, 3.8) is 0 Å². The predicted octanol–water partition coefficient (Wildman–Crippen LogP) is 2.50. The van der Waals surface area contributed by atoms with Gasteiger partial charge in [-0.05, 0) is 38.2 Å². The Morgan fingerprint density at radius 2 is 2.18 bits per heavy atom. The van der Waals surface area contributed by atoms with E-state index in [0.717, 1.165) is 23.5 Å². The molecule has 7 nitrogen and oxygen atoms in total. The molecule has 0 bridgehead atoms. The number of ether oxygens (including phenoxy) is 1. The summed E-state index contributed by atoms with van der Waals surface area (Å²) in [6, 6.07) is 8.19. The van der Waals surface area contributed by atoms with Crippen LogP contribution >= 0.6 is 12.2 Å². The van der Waals surface area contributed by atoms with Crippen LogP contribution in [0, 0.1) is 11.7 Å². The van der Waals surface area contributed by atoms with E-state index in [0.29, 0.717) is 31.0 Å². The Kier molecular flexibility index (Phi) is 6.69. The number of rotatable bonds is 8. The third kappa shape index (κ3) is 4.71. The number of sulfone groups is 1. The summed E-state index contributed by atoms with van der Waals surface area (Å²) < 4.78 is 33.4. The van der Waals surface area contributed by atoms with Gasteiger partial charge in [-0.2, -0.15) is 5.10 Å². The number of hydrogen-bond donors (Lipinski definition) is 0. The smallest absolute Gasteiger partial charge is 0.199 e. The van der Waals surface area contributed by atoms with Gasteiger partial charge in [-0.3, -0.25) is 9.47 Å². The molecule has 1 aliphatic heterocycles. The fourth-order valence-electron chi connectivity index (χ4n) is 3.62. The maximum Gasteiger partial charge on any atom is 0.199 e. The first kappa shape index (κ1) is 21.2. The molecule has 1 saturated heterocycles. The number of aryl methyl sites for hydroxylation is 1. The maximum absolute atomic E-state index is 11.9. The Morgan fingerprint density at radius 1 is 1.39 bits per heavy atom. The first-order chi connectivity index (χ1) is 13.3. The van der Waals surface area contributed by atoms with Crippen LogP contribution < -0.4 is 0 Å². The molecule has 0 radical (unpaired) electrons. The summed E-state index contributed by atoms with van der Waals surface area (Å²) in [4.78, 5) is 2.15. The Balaban J connectivity index is 1.93. The third-order valence-electron chi connectivity index (χ3n) is 5.16. The van der Waals surface area contributed by atoms with E-state index in [1.807, 2.05) is 36.6 Å². The van der Waals surface area contributed by atoms with Gasteiger partial charge >= 0.3 is 0 Å². The standard InChI is InChI=1S/C19H28N4O3S2/c1-4-21(17-8-11-28(24,25)13-17)14-23-19(27)22(9-10-26-3)18(20-23)16-7-5-6-15(2)12-16/h5-7,12,17H,4,8-11,13-14H2,1-3H3/t17-/m1/s1. The van der Waals surface area contributed by atoms with Crippen LogP contribution in [0.25, 0.3) is 11.4 Å². The van der Waals surface area contributed by atoms with E-state index in [9.17, 15) is 8.42 Å². The van der Waals surface area contributed by atoms with Crippen LogP contribution in [0.4, 0.5) is 0 Å². The highest BCUT2D eigenvalue weighted by Gasteiger charge is 2.32. The summed E-state index contributed by atoms with van der Waals surface area (Å²) in [5.41, 5.74) is 2.16. The molecular formula is C19H28N4O3S2.